The van der Waals surface area contributed by atoms with Gasteiger partial charge in [0.25, 0.3) is 0 Å². The van der Waals surface area contributed by atoms with E-state index < -0.39 is 0 Å². The maximum Gasteiger partial charge on any atom is 0.0496 e. The summed E-state index contributed by atoms with van der Waals surface area (Å²) in [5, 5.41) is 1.45. The quantitative estimate of drug-likeness (QED) is 0.829. The Balaban J connectivity index is 2.23. The van der Waals surface area contributed by atoms with Crippen LogP contribution in [0.4, 0.5) is 0 Å². The number of hydrogen-bond donors (Lipinski definition) is 0. The van der Waals surface area contributed by atoms with Gasteiger partial charge in [-0.25, -0.2) is 0 Å². The first-order valence-corrected chi connectivity index (χ1v) is 8.48. The van der Waals surface area contributed by atoms with E-state index in [1.54, 1.807) is 5.69 Å². The Hall–Kier alpha value is -0.930. The van der Waals surface area contributed by atoms with Crippen molar-refractivity contribution in [1.82, 2.24) is 9.47 Å². The van der Waals surface area contributed by atoms with Crippen LogP contribution in [0, 0.1) is 0 Å². The summed E-state index contributed by atoms with van der Waals surface area (Å²) in [6.07, 6.45) is 1.29. The number of hydrogen-bond acceptors (Lipinski definition) is 2. The summed E-state index contributed by atoms with van der Waals surface area (Å²) in [4.78, 5) is 3.86. The fourth-order valence-corrected chi connectivity index (χ4v) is 4.75. The highest BCUT2D eigenvalue weighted by atomic mass is 32.2. The lowest BCUT2D eigenvalue weighted by Crippen LogP contribution is -2.25. The first-order chi connectivity index (χ1) is 9.59. The zero-order chi connectivity index (χ0) is 14.3. The molecule has 0 saturated heterocycles. The van der Waals surface area contributed by atoms with Crippen LogP contribution in [0.3, 0.4) is 0 Å². The van der Waals surface area contributed by atoms with Crippen LogP contribution in [0.1, 0.15) is 37.9 Å². The Bertz CT molecular complexity index is 613. The van der Waals surface area contributed by atoms with E-state index in [1.165, 1.54) is 28.0 Å². The molecule has 1 aromatic carbocycles. The van der Waals surface area contributed by atoms with E-state index >= 15 is 0 Å². The highest BCUT2D eigenvalue weighted by Crippen LogP contribution is 2.45. The largest absolute Gasteiger partial charge is 0.341 e. The molecular weight excluding hydrogens is 264 g/mol. The topological polar surface area (TPSA) is 8.17 Å². The first-order valence-electron chi connectivity index (χ1n) is 7.50. The Morgan fingerprint density at radius 3 is 2.75 bits per heavy atom. The maximum atomic E-state index is 2.57. The van der Waals surface area contributed by atoms with Crippen molar-refractivity contribution < 1.29 is 0 Å². The van der Waals surface area contributed by atoms with Crippen LogP contribution in [0.15, 0.2) is 29.2 Å². The van der Waals surface area contributed by atoms with Gasteiger partial charge < -0.3 is 9.47 Å². The highest BCUT2D eigenvalue weighted by molar-refractivity contribution is 7.99. The Kier molecular flexibility index (Phi) is 3.83. The fraction of sp³-hybridized carbons (Fsp3) is 0.529. The molecule has 3 heteroatoms. The van der Waals surface area contributed by atoms with E-state index in [2.05, 4.69) is 61.7 Å². The molecule has 1 aliphatic heterocycles. The third kappa shape index (κ3) is 2.27. The summed E-state index contributed by atoms with van der Waals surface area (Å²) in [6.45, 7) is 5.76. The third-order valence-corrected chi connectivity index (χ3v) is 5.26. The van der Waals surface area contributed by atoms with Gasteiger partial charge in [0, 0.05) is 40.0 Å². The van der Waals surface area contributed by atoms with Crippen LogP contribution in [0.2, 0.25) is 0 Å². The minimum atomic E-state index is 0.520. The molecule has 0 N–H and O–H groups in total. The number of nitrogens with zero attached hydrogens (tertiary/aromatic N) is 2. The lowest BCUT2D eigenvalue weighted by atomic mass is 10.0. The zero-order valence-electron chi connectivity index (χ0n) is 12.9. The van der Waals surface area contributed by atoms with Crippen LogP contribution in [-0.4, -0.2) is 35.9 Å². The summed E-state index contributed by atoms with van der Waals surface area (Å²) in [5.74, 6) is 1.91. The van der Waals surface area contributed by atoms with Gasteiger partial charge in [0.05, 0.1) is 0 Å². The highest BCUT2D eigenvalue weighted by Gasteiger charge is 2.29. The molecule has 0 radical (unpaired) electrons. The number of benzene rings is 1. The van der Waals surface area contributed by atoms with Crippen molar-refractivity contribution in [1.29, 1.82) is 0 Å². The molecule has 2 heterocycles. The van der Waals surface area contributed by atoms with Gasteiger partial charge in [0.2, 0.25) is 0 Å². The second-order valence-corrected chi connectivity index (χ2v) is 7.40. The molecule has 3 rings (SSSR count). The standard InChI is InChI=1S/C17H24N2S/c1-12(2)19-15-8-6-5-7-14(15)17-16(19)13(9-10-20-17)11-18(3)4/h5-8,12-13H,9-11H2,1-4H3. The minimum Gasteiger partial charge on any atom is -0.341 e. The van der Waals surface area contributed by atoms with Crippen molar-refractivity contribution in [3.05, 3.63) is 30.0 Å². The van der Waals surface area contributed by atoms with Gasteiger partial charge in [-0.15, -0.1) is 11.8 Å². The van der Waals surface area contributed by atoms with Gasteiger partial charge >= 0.3 is 0 Å². The molecule has 2 aromatic rings. The Labute approximate surface area is 126 Å². The lowest BCUT2D eigenvalue weighted by Gasteiger charge is -2.29. The molecule has 0 saturated carbocycles. The van der Waals surface area contributed by atoms with Crippen molar-refractivity contribution in [2.75, 3.05) is 26.4 Å². The molecular formula is C17H24N2S. The molecule has 1 aromatic heterocycles. The average molecular weight is 288 g/mol. The average Bonchev–Trinajstić information content (AvgIpc) is 2.74. The van der Waals surface area contributed by atoms with Crippen LogP contribution < -0.4 is 0 Å². The van der Waals surface area contributed by atoms with Gasteiger partial charge in [-0.2, -0.15) is 0 Å². The van der Waals surface area contributed by atoms with E-state index in [9.17, 15) is 0 Å². The molecule has 20 heavy (non-hydrogen) atoms. The summed E-state index contributed by atoms with van der Waals surface area (Å²) < 4.78 is 2.57. The summed E-state index contributed by atoms with van der Waals surface area (Å²) in [5.41, 5.74) is 2.98. The van der Waals surface area contributed by atoms with Gasteiger partial charge in [0.1, 0.15) is 0 Å². The van der Waals surface area contributed by atoms with Crippen molar-refractivity contribution in [3.63, 3.8) is 0 Å². The SMILES string of the molecule is CC(C)n1c2c(c3ccccc31)SCCC2CN(C)C. The fourth-order valence-electron chi connectivity index (χ4n) is 3.40. The van der Waals surface area contributed by atoms with Crippen LogP contribution in [0.25, 0.3) is 10.9 Å². The van der Waals surface area contributed by atoms with E-state index in [0.29, 0.717) is 12.0 Å². The number of aromatic nitrogens is 1. The molecule has 2 nitrogen and oxygen atoms in total. The number of para-hydroxylation sites is 1. The second-order valence-electron chi connectivity index (χ2n) is 6.29. The first kappa shape index (κ1) is 14.0. The van der Waals surface area contributed by atoms with Crippen molar-refractivity contribution >= 4 is 22.7 Å². The number of rotatable bonds is 3. The van der Waals surface area contributed by atoms with Crippen molar-refractivity contribution in [2.24, 2.45) is 0 Å². The molecule has 1 aliphatic rings. The second kappa shape index (κ2) is 5.45. The van der Waals surface area contributed by atoms with Crippen LogP contribution >= 0.6 is 11.8 Å². The van der Waals surface area contributed by atoms with Crippen molar-refractivity contribution in [2.45, 2.75) is 37.1 Å². The Morgan fingerprint density at radius 2 is 2.05 bits per heavy atom. The smallest absolute Gasteiger partial charge is 0.0496 e. The molecule has 1 unspecified atom stereocenters. The van der Waals surface area contributed by atoms with E-state index in [-0.39, 0.29) is 0 Å². The normalized spacial score (nSPS) is 19.0. The van der Waals surface area contributed by atoms with Crippen LogP contribution in [-0.2, 0) is 0 Å². The number of fused-ring (bicyclic) bond motifs is 3. The Morgan fingerprint density at radius 1 is 1.30 bits per heavy atom. The molecule has 108 valence electrons. The zero-order valence-corrected chi connectivity index (χ0v) is 13.7. The summed E-state index contributed by atoms with van der Waals surface area (Å²) in [7, 11) is 4.37. The van der Waals surface area contributed by atoms with Gasteiger partial charge in [-0.1, -0.05) is 18.2 Å². The van der Waals surface area contributed by atoms with Gasteiger partial charge in [0.15, 0.2) is 0 Å². The lowest BCUT2D eigenvalue weighted by molar-refractivity contribution is 0.354. The van der Waals surface area contributed by atoms with Gasteiger partial charge in [-0.05, 0) is 46.2 Å². The van der Waals surface area contributed by atoms with Gasteiger partial charge in [-0.3, -0.25) is 0 Å². The summed E-state index contributed by atoms with van der Waals surface area (Å²) >= 11 is 2.05. The van der Waals surface area contributed by atoms with E-state index in [4.69, 9.17) is 0 Å². The monoisotopic (exact) mass is 288 g/mol. The molecule has 0 spiro atoms. The molecule has 1 atom stereocenters. The van der Waals surface area contributed by atoms with Crippen molar-refractivity contribution in [3.8, 4) is 0 Å². The maximum absolute atomic E-state index is 2.57. The molecule has 0 fully saturated rings. The predicted octanol–water partition coefficient (Wildman–Crippen LogP) is 4.36. The molecule has 0 amide bonds. The predicted molar refractivity (Wildman–Crippen MR) is 89.0 cm³/mol. The summed E-state index contributed by atoms with van der Waals surface area (Å²) in [6, 6.07) is 9.42. The molecule has 0 aliphatic carbocycles. The van der Waals surface area contributed by atoms with E-state index in [0.717, 1.165) is 6.54 Å². The minimum absolute atomic E-state index is 0.520. The van der Waals surface area contributed by atoms with Crippen LogP contribution in [0.5, 0.6) is 0 Å². The van der Waals surface area contributed by atoms with E-state index in [1.807, 2.05) is 11.8 Å². The number of likely N-dealkylation sites (N-methyl/N-ethyl adjacent to an activating group) is 1. The number of thioether (sulfide) groups is 1. The molecule has 0 bridgehead atoms. The third-order valence-electron chi connectivity index (χ3n) is 4.10.